The molecule has 4 rings (SSSR count). The van der Waals surface area contributed by atoms with Crippen LogP contribution in [0.2, 0.25) is 0 Å². The van der Waals surface area contributed by atoms with Crippen molar-refractivity contribution in [1.29, 1.82) is 0 Å². The number of esters is 1. The Labute approximate surface area is 168 Å². The number of hydrogen-bond donors (Lipinski definition) is 0. The van der Waals surface area contributed by atoms with Gasteiger partial charge in [0.1, 0.15) is 4.90 Å². The Hall–Kier alpha value is -2.82. The predicted octanol–water partition coefficient (Wildman–Crippen LogP) is 0.987. The highest BCUT2D eigenvalue weighted by molar-refractivity contribution is 7.90. The van der Waals surface area contributed by atoms with E-state index in [0.717, 1.165) is 12.8 Å². The Morgan fingerprint density at radius 1 is 1.31 bits per heavy atom. The van der Waals surface area contributed by atoms with Gasteiger partial charge in [-0.3, -0.25) is 4.79 Å². The predicted molar refractivity (Wildman–Crippen MR) is 102 cm³/mol. The summed E-state index contributed by atoms with van der Waals surface area (Å²) in [5, 5.41) is 11.4. The molecule has 0 bridgehead atoms. The first kappa shape index (κ1) is 19.5. The van der Waals surface area contributed by atoms with E-state index < -0.39 is 10.0 Å². The third-order valence-electron chi connectivity index (χ3n) is 5.05. The maximum absolute atomic E-state index is 12.6. The molecule has 0 amide bonds. The van der Waals surface area contributed by atoms with E-state index in [1.54, 1.807) is 28.9 Å². The fourth-order valence-electron chi connectivity index (χ4n) is 3.64. The van der Waals surface area contributed by atoms with Gasteiger partial charge in [0.25, 0.3) is 10.0 Å². The largest absolute Gasteiger partial charge is 0.457 e. The minimum absolute atomic E-state index is 0.0144. The fraction of sp³-hybridized carbons (Fsp3) is 0.500. The fourth-order valence-corrected chi connectivity index (χ4v) is 4.87. The van der Waals surface area contributed by atoms with E-state index in [2.05, 4.69) is 19.9 Å². The number of piperidine rings is 1. The molecule has 1 fully saturated rings. The summed E-state index contributed by atoms with van der Waals surface area (Å²) in [4.78, 5) is 14.7. The van der Waals surface area contributed by atoms with Gasteiger partial charge < -0.3 is 9.64 Å². The van der Waals surface area contributed by atoms with E-state index >= 15 is 0 Å². The maximum atomic E-state index is 12.6. The van der Waals surface area contributed by atoms with E-state index in [0.29, 0.717) is 43.3 Å². The van der Waals surface area contributed by atoms with Crippen molar-refractivity contribution in [3.8, 4) is 0 Å². The Bertz CT molecular complexity index is 1050. The van der Waals surface area contributed by atoms with Gasteiger partial charge in [-0.25, -0.2) is 4.68 Å². The highest BCUT2D eigenvalue weighted by atomic mass is 32.2. The molecule has 154 valence electrons. The summed E-state index contributed by atoms with van der Waals surface area (Å²) in [7, 11) is -3.69. The molecule has 2 aromatic rings. The number of sulfonamides is 1. The maximum Gasteiger partial charge on any atom is 0.311 e. The Balaban J connectivity index is 1.44. The van der Waals surface area contributed by atoms with Crippen molar-refractivity contribution in [3.05, 3.63) is 35.7 Å². The molecule has 1 atom stereocenters. The van der Waals surface area contributed by atoms with E-state index in [9.17, 15) is 13.2 Å². The standard InChI is InChI=1S/C18H22N6O4S/c1-2-9-24-16(19-21-22-24)12-28-18(25)13-6-5-10-23(11-13)17-14-7-3-4-8-15(14)29(26,27)20-17/h3-4,7-8,13H,2,5-6,9-12H2,1H3/t13-/m0/s1. The number of amidine groups is 1. The summed E-state index contributed by atoms with van der Waals surface area (Å²) in [6.45, 7) is 3.69. The molecular formula is C18H22N6O4S. The lowest BCUT2D eigenvalue weighted by atomic mass is 9.97. The third kappa shape index (κ3) is 3.86. The van der Waals surface area contributed by atoms with Crippen LogP contribution in [0, 0.1) is 5.92 Å². The van der Waals surface area contributed by atoms with E-state index in [4.69, 9.17) is 4.74 Å². The Morgan fingerprint density at radius 3 is 2.97 bits per heavy atom. The number of ether oxygens (including phenoxy) is 1. The van der Waals surface area contributed by atoms with Gasteiger partial charge in [-0.05, 0) is 41.8 Å². The van der Waals surface area contributed by atoms with Crippen LogP contribution < -0.4 is 0 Å². The Kier molecular flexibility index (Phi) is 5.31. The number of fused-ring (bicyclic) bond motifs is 1. The summed E-state index contributed by atoms with van der Waals surface area (Å²) in [6.07, 6.45) is 2.29. The zero-order valence-electron chi connectivity index (χ0n) is 16.1. The first-order valence-electron chi connectivity index (χ1n) is 9.60. The lowest BCUT2D eigenvalue weighted by molar-refractivity contribution is -0.151. The van der Waals surface area contributed by atoms with Gasteiger partial charge in [0.05, 0.1) is 5.92 Å². The highest BCUT2D eigenvalue weighted by Gasteiger charge is 2.35. The van der Waals surface area contributed by atoms with Crippen LogP contribution in [0.5, 0.6) is 0 Å². The van der Waals surface area contributed by atoms with Crippen molar-refractivity contribution >= 4 is 21.8 Å². The summed E-state index contributed by atoms with van der Waals surface area (Å²) >= 11 is 0. The van der Waals surface area contributed by atoms with E-state index in [1.807, 2.05) is 11.8 Å². The molecule has 11 heteroatoms. The monoisotopic (exact) mass is 418 g/mol. The molecule has 0 saturated carbocycles. The molecule has 0 radical (unpaired) electrons. The van der Waals surface area contributed by atoms with Crippen molar-refractivity contribution in [1.82, 2.24) is 25.1 Å². The molecule has 2 aliphatic rings. The number of carbonyl (C=O) groups is 1. The van der Waals surface area contributed by atoms with Gasteiger partial charge in [-0.2, -0.15) is 8.42 Å². The molecule has 0 unspecified atom stereocenters. The van der Waals surface area contributed by atoms with Crippen LogP contribution in [-0.4, -0.2) is 58.4 Å². The smallest absolute Gasteiger partial charge is 0.311 e. The SMILES string of the molecule is CCCn1nnnc1COC(=O)[C@H]1CCCN(C2=NS(=O)(=O)c3ccccc32)C1. The number of likely N-dealkylation sites (tertiary alicyclic amines) is 1. The van der Waals surface area contributed by atoms with Gasteiger partial charge in [-0.15, -0.1) is 9.50 Å². The zero-order chi connectivity index (χ0) is 20.4. The molecule has 0 N–H and O–H groups in total. The number of carbonyl (C=O) groups excluding carboxylic acids is 1. The number of aryl methyl sites for hydroxylation is 1. The van der Waals surface area contributed by atoms with Crippen molar-refractivity contribution in [2.75, 3.05) is 13.1 Å². The van der Waals surface area contributed by atoms with Crippen molar-refractivity contribution < 1.29 is 17.9 Å². The molecule has 2 aliphatic heterocycles. The van der Waals surface area contributed by atoms with E-state index in [1.165, 1.54) is 0 Å². The lowest BCUT2D eigenvalue weighted by Gasteiger charge is -2.32. The molecule has 29 heavy (non-hydrogen) atoms. The molecule has 0 aliphatic carbocycles. The van der Waals surface area contributed by atoms with Crippen LogP contribution in [0.25, 0.3) is 0 Å². The van der Waals surface area contributed by atoms with Crippen LogP contribution in [0.3, 0.4) is 0 Å². The molecule has 10 nitrogen and oxygen atoms in total. The normalized spacial score (nSPS) is 20.2. The molecule has 1 aromatic heterocycles. The van der Waals surface area contributed by atoms with Gasteiger partial charge >= 0.3 is 5.97 Å². The average Bonchev–Trinajstić information content (AvgIpc) is 3.28. The highest BCUT2D eigenvalue weighted by Crippen LogP contribution is 2.30. The van der Waals surface area contributed by atoms with Gasteiger partial charge in [0, 0.05) is 25.2 Å². The number of benzene rings is 1. The van der Waals surface area contributed by atoms with Gasteiger partial charge in [-0.1, -0.05) is 19.1 Å². The summed E-state index contributed by atoms with van der Waals surface area (Å²) in [6, 6.07) is 6.76. The summed E-state index contributed by atoms with van der Waals surface area (Å²) in [5.41, 5.74) is 0.584. The first-order valence-corrected chi connectivity index (χ1v) is 11.0. The van der Waals surface area contributed by atoms with Crippen LogP contribution in [0.15, 0.2) is 33.6 Å². The summed E-state index contributed by atoms with van der Waals surface area (Å²) < 4.78 is 35.7. The molecule has 3 heterocycles. The molecule has 0 spiro atoms. The number of nitrogens with zero attached hydrogens (tertiary/aromatic N) is 6. The zero-order valence-corrected chi connectivity index (χ0v) is 16.9. The van der Waals surface area contributed by atoms with Crippen molar-refractivity contribution in [2.45, 2.75) is 44.2 Å². The minimum Gasteiger partial charge on any atom is -0.457 e. The molecule has 1 saturated heterocycles. The second-order valence-electron chi connectivity index (χ2n) is 7.10. The van der Waals surface area contributed by atoms with Crippen molar-refractivity contribution in [2.24, 2.45) is 10.3 Å². The second kappa shape index (κ2) is 7.90. The summed E-state index contributed by atoms with van der Waals surface area (Å²) in [5.74, 6) is 0.214. The number of tetrazole rings is 1. The molecule has 1 aromatic carbocycles. The average molecular weight is 418 g/mol. The van der Waals surface area contributed by atoms with Crippen LogP contribution in [0.4, 0.5) is 0 Å². The van der Waals surface area contributed by atoms with Crippen molar-refractivity contribution in [3.63, 3.8) is 0 Å². The topological polar surface area (TPSA) is 120 Å². The van der Waals surface area contributed by atoms with Gasteiger partial charge in [0.15, 0.2) is 18.3 Å². The van der Waals surface area contributed by atoms with Crippen LogP contribution in [-0.2, 0) is 32.7 Å². The minimum atomic E-state index is -3.69. The van der Waals surface area contributed by atoms with Crippen LogP contribution >= 0.6 is 0 Å². The number of rotatable bonds is 5. The third-order valence-corrected chi connectivity index (χ3v) is 6.38. The first-order chi connectivity index (χ1) is 14.0. The van der Waals surface area contributed by atoms with E-state index in [-0.39, 0.29) is 23.4 Å². The molecular weight excluding hydrogens is 396 g/mol. The Morgan fingerprint density at radius 2 is 2.14 bits per heavy atom. The lowest BCUT2D eigenvalue weighted by Crippen LogP contribution is -2.42. The van der Waals surface area contributed by atoms with Crippen LogP contribution in [0.1, 0.15) is 37.6 Å². The second-order valence-corrected chi connectivity index (χ2v) is 8.67. The van der Waals surface area contributed by atoms with Gasteiger partial charge in [0.2, 0.25) is 0 Å². The number of hydrogen-bond acceptors (Lipinski definition) is 8. The quantitative estimate of drug-likeness (QED) is 0.659. The number of aromatic nitrogens is 4.